The van der Waals surface area contributed by atoms with Crippen LogP contribution >= 0.6 is 47.8 Å². The number of hydrogen-bond donors (Lipinski definition) is 1. The Balaban J connectivity index is 2.22. The van der Waals surface area contributed by atoms with Crippen LogP contribution < -0.4 is 5.32 Å². The zero-order chi connectivity index (χ0) is 13.1. The normalized spacial score (nSPS) is 10.2. The Kier molecular flexibility index (Phi) is 4.53. The number of carbonyl (C=O) groups is 1. The molecule has 0 atom stereocenters. The Morgan fingerprint density at radius 2 is 1.67 bits per heavy atom. The minimum absolute atomic E-state index is 0.206. The van der Waals surface area contributed by atoms with Crippen LogP contribution in [0.3, 0.4) is 0 Å². The van der Waals surface area contributed by atoms with Crippen LogP contribution in [0.4, 0.5) is 5.82 Å². The number of hydrogen-bond acceptors (Lipinski definition) is 2. The molecule has 0 saturated heterocycles. The van der Waals surface area contributed by atoms with Crippen molar-refractivity contribution < 1.29 is 4.79 Å². The minimum atomic E-state index is -0.206. The Hall–Kier alpha value is -0.720. The van der Waals surface area contributed by atoms with Crippen molar-refractivity contribution in [2.24, 2.45) is 0 Å². The average Bonchev–Trinajstić information content (AvgIpc) is 2.27. The summed E-state index contributed by atoms with van der Waals surface area (Å²) in [6.45, 7) is 0. The lowest BCUT2D eigenvalue weighted by atomic mass is 10.2. The Bertz CT molecular complexity index is 581. The SMILES string of the molecule is O=C(Nc1cc(Br)ccn1)c1cc(Br)cc(Br)c1. The lowest BCUT2D eigenvalue weighted by Crippen LogP contribution is -2.12. The molecule has 2 aromatic rings. The predicted molar refractivity (Wildman–Crippen MR) is 81.7 cm³/mol. The topological polar surface area (TPSA) is 42.0 Å². The lowest BCUT2D eigenvalue weighted by Gasteiger charge is -2.05. The number of pyridine rings is 1. The van der Waals surface area contributed by atoms with E-state index >= 15 is 0 Å². The number of nitrogens with zero attached hydrogens (tertiary/aromatic N) is 1. The van der Waals surface area contributed by atoms with Crippen LogP contribution in [0.2, 0.25) is 0 Å². The van der Waals surface area contributed by atoms with Gasteiger partial charge in [-0.15, -0.1) is 0 Å². The molecule has 0 aliphatic rings. The molecule has 0 spiro atoms. The predicted octanol–water partition coefficient (Wildman–Crippen LogP) is 4.62. The van der Waals surface area contributed by atoms with Gasteiger partial charge in [-0.1, -0.05) is 47.8 Å². The van der Waals surface area contributed by atoms with Crippen molar-refractivity contribution in [2.75, 3.05) is 5.32 Å². The van der Waals surface area contributed by atoms with E-state index in [0.29, 0.717) is 11.4 Å². The van der Waals surface area contributed by atoms with E-state index in [1.54, 1.807) is 30.5 Å². The van der Waals surface area contributed by atoms with Crippen molar-refractivity contribution in [1.82, 2.24) is 4.98 Å². The van der Waals surface area contributed by atoms with E-state index in [-0.39, 0.29) is 5.91 Å². The first-order valence-electron chi connectivity index (χ1n) is 4.93. The number of halogens is 3. The summed E-state index contributed by atoms with van der Waals surface area (Å²) >= 11 is 10.0. The van der Waals surface area contributed by atoms with Gasteiger partial charge in [-0.3, -0.25) is 4.79 Å². The fourth-order valence-corrected chi connectivity index (χ4v) is 2.98. The number of amides is 1. The minimum Gasteiger partial charge on any atom is -0.307 e. The summed E-state index contributed by atoms with van der Waals surface area (Å²) in [4.78, 5) is 16.1. The van der Waals surface area contributed by atoms with Gasteiger partial charge in [0.25, 0.3) is 5.91 Å². The first-order valence-corrected chi connectivity index (χ1v) is 7.31. The number of rotatable bonds is 2. The zero-order valence-corrected chi connectivity index (χ0v) is 13.7. The molecule has 0 radical (unpaired) electrons. The number of nitrogens with one attached hydrogen (secondary N) is 1. The number of aromatic nitrogens is 1. The summed E-state index contributed by atoms with van der Waals surface area (Å²) in [5.41, 5.74) is 0.554. The second kappa shape index (κ2) is 5.95. The third-order valence-electron chi connectivity index (χ3n) is 2.09. The van der Waals surface area contributed by atoms with Crippen LogP contribution in [-0.4, -0.2) is 10.9 Å². The van der Waals surface area contributed by atoms with Gasteiger partial charge >= 0.3 is 0 Å². The van der Waals surface area contributed by atoms with E-state index in [2.05, 4.69) is 58.1 Å². The molecular weight excluding hydrogens is 428 g/mol. The second-order valence-corrected chi connectivity index (χ2v) is 6.22. The maximum absolute atomic E-state index is 12.0. The summed E-state index contributed by atoms with van der Waals surface area (Å²) < 4.78 is 2.54. The van der Waals surface area contributed by atoms with Gasteiger partial charge in [0.2, 0.25) is 0 Å². The highest BCUT2D eigenvalue weighted by atomic mass is 79.9. The van der Waals surface area contributed by atoms with Gasteiger partial charge in [0.05, 0.1) is 0 Å². The fourth-order valence-electron chi connectivity index (χ4n) is 1.35. The molecule has 0 aliphatic heterocycles. The van der Waals surface area contributed by atoms with Crippen molar-refractivity contribution in [3.63, 3.8) is 0 Å². The maximum atomic E-state index is 12.0. The van der Waals surface area contributed by atoms with Crippen LogP contribution in [-0.2, 0) is 0 Å². The molecule has 0 saturated carbocycles. The molecule has 1 N–H and O–H groups in total. The first-order chi connectivity index (χ1) is 8.54. The van der Waals surface area contributed by atoms with Gasteiger partial charge in [0, 0.05) is 25.2 Å². The molecule has 92 valence electrons. The zero-order valence-electron chi connectivity index (χ0n) is 8.95. The highest BCUT2D eigenvalue weighted by Gasteiger charge is 2.08. The van der Waals surface area contributed by atoms with E-state index in [1.807, 2.05) is 6.07 Å². The maximum Gasteiger partial charge on any atom is 0.256 e. The van der Waals surface area contributed by atoms with Gasteiger partial charge in [0.1, 0.15) is 5.82 Å². The molecule has 1 heterocycles. The van der Waals surface area contributed by atoms with E-state index < -0.39 is 0 Å². The Labute approximate surface area is 129 Å². The van der Waals surface area contributed by atoms with Crippen LogP contribution in [0.15, 0.2) is 49.9 Å². The monoisotopic (exact) mass is 432 g/mol. The molecule has 0 bridgehead atoms. The van der Waals surface area contributed by atoms with Crippen LogP contribution in [0.25, 0.3) is 0 Å². The third-order valence-corrected chi connectivity index (χ3v) is 3.50. The number of carbonyl (C=O) groups excluding carboxylic acids is 1. The Morgan fingerprint density at radius 3 is 2.28 bits per heavy atom. The molecule has 0 unspecified atom stereocenters. The quantitative estimate of drug-likeness (QED) is 0.749. The van der Waals surface area contributed by atoms with Gasteiger partial charge in [0.15, 0.2) is 0 Å². The van der Waals surface area contributed by atoms with E-state index in [4.69, 9.17) is 0 Å². The van der Waals surface area contributed by atoms with Gasteiger partial charge in [-0.25, -0.2) is 4.98 Å². The van der Waals surface area contributed by atoms with Crippen LogP contribution in [0.5, 0.6) is 0 Å². The molecular formula is C12H7Br3N2O. The van der Waals surface area contributed by atoms with Gasteiger partial charge in [-0.05, 0) is 30.3 Å². The van der Waals surface area contributed by atoms with E-state index in [0.717, 1.165) is 13.4 Å². The van der Waals surface area contributed by atoms with E-state index in [1.165, 1.54) is 0 Å². The van der Waals surface area contributed by atoms with Crippen LogP contribution in [0.1, 0.15) is 10.4 Å². The summed E-state index contributed by atoms with van der Waals surface area (Å²) in [5, 5.41) is 2.73. The number of anilines is 1. The van der Waals surface area contributed by atoms with Crippen molar-refractivity contribution in [3.8, 4) is 0 Å². The molecule has 3 nitrogen and oxygen atoms in total. The summed E-state index contributed by atoms with van der Waals surface area (Å²) in [5.74, 6) is 0.299. The van der Waals surface area contributed by atoms with E-state index in [9.17, 15) is 4.79 Å². The van der Waals surface area contributed by atoms with Crippen molar-refractivity contribution >= 4 is 59.5 Å². The lowest BCUT2D eigenvalue weighted by molar-refractivity contribution is 0.102. The highest BCUT2D eigenvalue weighted by Crippen LogP contribution is 2.21. The molecule has 0 fully saturated rings. The standard InChI is InChI=1S/C12H7Br3N2O/c13-8-1-2-16-11(6-8)17-12(18)7-3-9(14)5-10(15)4-7/h1-6H,(H,16,17,18). The molecule has 1 aromatic carbocycles. The largest absolute Gasteiger partial charge is 0.307 e. The number of benzene rings is 1. The van der Waals surface area contributed by atoms with Crippen molar-refractivity contribution in [2.45, 2.75) is 0 Å². The third kappa shape index (κ3) is 3.63. The Morgan fingerprint density at radius 1 is 1.00 bits per heavy atom. The van der Waals surface area contributed by atoms with Crippen molar-refractivity contribution in [3.05, 3.63) is 55.5 Å². The summed E-state index contributed by atoms with van der Waals surface area (Å²) in [6.07, 6.45) is 1.62. The molecule has 2 rings (SSSR count). The molecule has 18 heavy (non-hydrogen) atoms. The fraction of sp³-hybridized carbons (Fsp3) is 0. The van der Waals surface area contributed by atoms with Gasteiger partial charge in [-0.2, -0.15) is 0 Å². The first kappa shape index (κ1) is 13.7. The smallest absolute Gasteiger partial charge is 0.256 e. The summed E-state index contributed by atoms with van der Waals surface area (Å²) in [6, 6.07) is 8.90. The average molecular weight is 435 g/mol. The molecule has 0 aliphatic carbocycles. The summed E-state index contributed by atoms with van der Waals surface area (Å²) in [7, 11) is 0. The highest BCUT2D eigenvalue weighted by molar-refractivity contribution is 9.11. The second-order valence-electron chi connectivity index (χ2n) is 3.47. The molecule has 6 heteroatoms. The molecule has 1 aromatic heterocycles. The van der Waals surface area contributed by atoms with Crippen molar-refractivity contribution in [1.29, 1.82) is 0 Å². The van der Waals surface area contributed by atoms with Crippen LogP contribution in [0, 0.1) is 0 Å². The van der Waals surface area contributed by atoms with Gasteiger partial charge < -0.3 is 5.32 Å². The molecule has 1 amide bonds.